The van der Waals surface area contributed by atoms with Gasteiger partial charge in [-0.25, -0.2) is 0 Å². The highest BCUT2D eigenvalue weighted by Crippen LogP contribution is 2.31. The van der Waals surface area contributed by atoms with Gasteiger partial charge in [0.05, 0.1) is 40.3 Å². The van der Waals surface area contributed by atoms with E-state index < -0.39 is 17.9 Å². The van der Waals surface area contributed by atoms with Gasteiger partial charge in [-0.05, 0) is 43.7 Å². The number of nitrogens with one attached hydrogen (secondary N) is 2. The molecule has 2 aromatic carbocycles. The van der Waals surface area contributed by atoms with Crippen molar-refractivity contribution in [1.82, 2.24) is 10.6 Å². The number of aryl methyl sites for hydroxylation is 2. The quantitative estimate of drug-likeness (QED) is 0.595. The van der Waals surface area contributed by atoms with E-state index in [1.807, 2.05) is 19.9 Å². The lowest BCUT2D eigenvalue weighted by Crippen LogP contribution is -2.39. The predicted octanol–water partition coefficient (Wildman–Crippen LogP) is 2.47. The third-order valence-electron chi connectivity index (χ3n) is 4.64. The minimum atomic E-state index is -0.669. The van der Waals surface area contributed by atoms with Crippen molar-refractivity contribution in [3.05, 3.63) is 58.7 Å². The summed E-state index contributed by atoms with van der Waals surface area (Å²) in [6.45, 7) is 3.56. The number of amides is 2. The van der Waals surface area contributed by atoms with Crippen molar-refractivity contribution in [2.75, 3.05) is 27.9 Å². The molecule has 0 radical (unpaired) electrons. The van der Waals surface area contributed by atoms with E-state index in [0.717, 1.165) is 11.1 Å². The molecule has 8 heteroatoms. The molecule has 0 heterocycles. The standard InChI is InChI=1S/C23H28N2O6/c1-14-8-15(2)10-17(9-14)23(28)24-13-21(26)25-18(12-22(27)31-5)16-6-7-19(29-3)20(11-16)30-4/h6-11,18H,12-13H2,1-5H3,(H,24,28)(H,25,26)/t18-/m1/s1. The monoisotopic (exact) mass is 428 g/mol. The zero-order valence-corrected chi connectivity index (χ0v) is 18.4. The first kappa shape index (κ1) is 23.7. The molecule has 31 heavy (non-hydrogen) atoms. The van der Waals surface area contributed by atoms with Crippen LogP contribution in [0.2, 0.25) is 0 Å². The molecule has 166 valence electrons. The molecule has 2 amide bonds. The average molecular weight is 428 g/mol. The average Bonchev–Trinajstić information content (AvgIpc) is 2.75. The second-order valence-electron chi connectivity index (χ2n) is 7.07. The van der Waals surface area contributed by atoms with Crippen molar-refractivity contribution in [1.29, 1.82) is 0 Å². The Morgan fingerprint density at radius 3 is 2.13 bits per heavy atom. The fourth-order valence-corrected chi connectivity index (χ4v) is 3.19. The Hall–Kier alpha value is -3.55. The number of methoxy groups -OCH3 is 3. The molecule has 2 rings (SSSR count). The number of carbonyl (C=O) groups excluding carboxylic acids is 3. The van der Waals surface area contributed by atoms with Gasteiger partial charge in [-0.15, -0.1) is 0 Å². The van der Waals surface area contributed by atoms with Crippen molar-refractivity contribution in [3.8, 4) is 11.5 Å². The van der Waals surface area contributed by atoms with E-state index in [1.165, 1.54) is 21.3 Å². The highest BCUT2D eigenvalue weighted by molar-refractivity contribution is 5.96. The van der Waals surface area contributed by atoms with Crippen LogP contribution >= 0.6 is 0 Å². The van der Waals surface area contributed by atoms with Crippen LogP contribution in [0.25, 0.3) is 0 Å². The summed E-state index contributed by atoms with van der Waals surface area (Å²) in [7, 11) is 4.29. The van der Waals surface area contributed by atoms with Gasteiger partial charge in [-0.1, -0.05) is 23.3 Å². The number of carbonyl (C=O) groups is 3. The van der Waals surface area contributed by atoms with Crippen LogP contribution in [0.1, 0.15) is 39.5 Å². The fraction of sp³-hybridized carbons (Fsp3) is 0.348. The number of ether oxygens (including phenoxy) is 3. The first-order chi connectivity index (χ1) is 14.8. The Labute approximate surface area is 181 Å². The Bertz CT molecular complexity index is 937. The number of hydrogen-bond acceptors (Lipinski definition) is 6. The summed E-state index contributed by atoms with van der Waals surface area (Å²) in [4.78, 5) is 36.8. The molecule has 0 saturated heterocycles. The minimum absolute atomic E-state index is 0.0806. The van der Waals surface area contributed by atoms with Gasteiger partial charge in [0.25, 0.3) is 5.91 Å². The summed E-state index contributed by atoms with van der Waals surface area (Å²) in [6.07, 6.45) is -0.0806. The van der Waals surface area contributed by atoms with Gasteiger partial charge in [0, 0.05) is 5.56 Å². The van der Waals surface area contributed by atoms with E-state index in [1.54, 1.807) is 30.3 Å². The molecule has 0 saturated carbocycles. The Balaban J connectivity index is 2.10. The molecule has 2 aromatic rings. The lowest BCUT2D eigenvalue weighted by atomic mass is 10.0. The van der Waals surface area contributed by atoms with Crippen molar-refractivity contribution in [2.45, 2.75) is 26.3 Å². The fourth-order valence-electron chi connectivity index (χ4n) is 3.19. The van der Waals surface area contributed by atoms with Crippen LogP contribution in [0.4, 0.5) is 0 Å². The maximum Gasteiger partial charge on any atom is 0.307 e. The van der Waals surface area contributed by atoms with E-state index in [0.29, 0.717) is 22.6 Å². The maximum absolute atomic E-state index is 12.5. The zero-order valence-electron chi connectivity index (χ0n) is 18.4. The molecular weight excluding hydrogens is 400 g/mol. The SMILES string of the molecule is COC(=O)C[C@@H](NC(=O)CNC(=O)c1cc(C)cc(C)c1)c1ccc(OC)c(OC)c1. The lowest BCUT2D eigenvalue weighted by molar-refractivity contribution is -0.141. The summed E-state index contributed by atoms with van der Waals surface area (Å²) in [6, 6.07) is 9.90. The summed E-state index contributed by atoms with van der Waals surface area (Å²) in [5, 5.41) is 5.37. The van der Waals surface area contributed by atoms with Crippen LogP contribution in [0.3, 0.4) is 0 Å². The van der Waals surface area contributed by atoms with Gasteiger partial charge in [0.15, 0.2) is 11.5 Å². The summed E-state index contributed by atoms with van der Waals surface area (Å²) < 4.78 is 15.3. The smallest absolute Gasteiger partial charge is 0.307 e. The van der Waals surface area contributed by atoms with E-state index in [-0.39, 0.29) is 18.9 Å². The lowest BCUT2D eigenvalue weighted by Gasteiger charge is -2.20. The van der Waals surface area contributed by atoms with Crippen LogP contribution < -0.4 is 20.1 Å². The van der Waals surface area contributed by atoms with Crippen LogP contribution in [0.15, 0.2) is 36.4 Å². The van der Waals surface area contributed by atoms with E-state index in [4.69, 9.17) is 14.2 Å². The number of hydrogen-bond donors (Lipinski definition) is 2. The van der Waals surface area contributed by atoms with Crippen LogP contribution in [0, 0.1) is 13.8 Å². The summed E-state index contributed by atoms with van der Waals surface area (Å²) >= 11 is 0. The Morgan fingerprint density at radius 1 is 0.903 bits per heavy atom. The third-order valence-corrected chi connectivity index (χ3v) is 4.64. The van der Waals surface area contributed by atoms with Gasteiger partial charge in [-0.3, -0.25) is 14.4 Å². The molecule has 0 bridgehead atoms. The topological polar surface area (TPSA) is 103 Å². The molecule has 0 aliphatic heterocycles. The highest BCUT2D eigenvalue weighted by Gasteiger charge is 2.21. The van der Waals surface area contributed by atoms with Gasteiger partial charge in [-0.2, -0.15) is 0 Å². The molecule has 0 spiro atoms. The second-order valence-corrected chi connectivity index (χ2v) is 7.07. The molecule has 0 fully saturated rings. The maximum atomic E-state index is 12.5. The van der Waals surface area contributed by atoms with Crippen molar-refractivity contribution in [2.24, 2.45) is 0 Å². The van der Waals surface area contributed by atoms with Gasteiger partial charge in [0.1, 0.15) is 0 Å². The van der Waals surface area contributed by atoms with Gasteiger partial charge < -0.3 is 24.8 Å². The summed E-state index contributed by atoms with van der Waals surface area (Å²) in [5.74, 6) is -0.291. The Kier molecular flexibility index (Phi) is 8.43. The summed E-state index contributed by atoms with van der Waals surface area (Å²) in [5.41, 5.74) is 3.04. The van der Waals surface area contributed by atoms with Crippen molar-refractivity contribution >= 4 is 17.8 Å². The number of rotatable bonds is 9. The number of esters is 1. The first-order valence-corrected chi connectivity index (χ1v) is 9.72. The third kappa shape index (κ3) is 6.74. The molecule has 0 unspecified atom stereocenters. The zero-order chi connectivity index (χ0) is 23.0. The second kappa shape index (κ2) is 11.0. The predicted molar refractivity (Wildman–Crippen MR) is 115 cm³/mol. The Morgan fingerprint density at radius 2 is 1.55 bits per heavy atom. The van der Waals surface area contributed by atoms with E-state index in [9.17, 15) is 14.4 Å². The van der Waals surface area contributed by atoms with E-state index in [2.05, 4.69) is 10.6 Å². The van der Waals surface area contributed by atoms with Crippen LogP contribution in [-0.4, -0.2) is 45.7 Å². The largest absolute Gasteiger partial charge is 0.493 e. The highest BCUT2D eigenvalue weighted by atomic mass is 16.5. The minimum Gasteiger partial charge on any atom is -0.493 e. The van der Waals surface area contributed by atoms with E-state index >= 15 is 0 Å². The molecule has 8 nitrogen and oxygen atoms in total. The molecule has 0 aliphatic rings. The molecule has 0 aromatic heterocycles. The first-order valence-electron chi connectivity index (χ1n) is 9.72. The van der Waals surface area contributed by atoms with Crippen molar-refractivity contribution in [3.63, 3.8) is 0 Å². The van der Waals surface area contributed by atoms with Gasteiger partial charge >= 0.3 is 5.97 Å². The molecule has 2 N–H and O–H groups in total. The van der Waals surface area contributed by atoms with Crippen molar-refractivity contribution < 1.29 is 28.6 Å². The molecular formula is C23H28N2O6. The van der Waals surface area contributed by atoms with Crippen LogP contribution in [-0.2, 0) is 14.3 Å². The van der Waals surface area contributed by atoms with Gasteiger partial charge in [0.2, 0.25) is 5.91 Å². The molecule has 0 aliphatic carbocycles. The normalized spacial score (nSPS) is 11.3. The molecule has 1 atom stereocenters. The number of benzene rings is 2. The van der Waals surface area contributed by atoms with Crippen LogP contribution in [0.5, 0.6) is 11.5 Å².